The van der Waals surface area contributed by atoms with E-state index >= 15 is 0 Å². The van der Waals surface area contributed by atoms with Crippen molar-refractivity contribution in [3.63, 3.8) is 0 Å². The Labute approximate surface area is 134 Å². The van der Waals surface area contributed by atoms with Crippen molar-refractivity contribution in [3.8, 4) is 6.07 Å². The molecule has 1 aromatic rings. The molecule has 0 unspecified atom stereocenters. The van der Waals surface area contributed by atoms with E-state index in [0.29, 0.717) is 6.07 Å². The van der Waals surface area contributed by atoms with E-state index in [1.54, 1.807) is 6.92 Å². The van der Waals surface area contributed by atoms with Gasteiger partial charge in [0.25, 0.3) is 5.91 Å². The first-order valence-corrected chi connectivity index (χ1v) is 6.66. The molecular weight excluding hydrogens is 331 g/mol. The van der Waals surface area contributed by atoms with Crippen LogP contribution in [0.25, 0.3) is 0 Å². The Kier molecular flexibility index (Phi) is 6.40. The Morgan fingerprint density at radius 2 is 2.00 bits per heavy atom. The van der Waals surface area contributed by atoms with Gasteiger partial charge in [-0.25, -0.2) is 4.98 Å². The lowest BCUT2D eigenvalue weighted by atomic mass is 10.1. The molecule has 0 bridgehead atoms. The number of halogens is 3. The van der Waals surface area contributed by atoms with Crippen LogP contribution in [-0.4, -0.2) is 29.3 Å². The first kappa shape index (κ1) is 19.1. The molecule has 0 saturated heterocycles. The van der Waals surface area contributed by atoms with Crippen molar-refractivity contribution in [2.24, 2.45) is 0 Å². The number of amides is 1. The van der Waals surface area contributed by atoms with E-state index in [9.17, 15) is 27.6 Å². The van der Waals surface area contributed by atoms with Crippen LogP contribution in [0.2, 0.25) is 0 Å². The van der Waals surface area contributed by atoms with Gasteiger partial charge >= 0.3 is 12.1 Å². The maximum Gasteiger partial charge on any atom is 0.419 e. The number of Topliss-reactive ketones (excluding diaryl/α,β-unsaturated/α-hetero) is 1. The second-order valence-corrected chi connectivity index (χ2v) is 4.41. The van der Waals surface area contributed by atoms with Crippen LogP contribution in [0.4, 0.5) is 18.9 Å². The van der Waals surface area contributed by atoms with Crippen LogP contribution >= 0.6 is 0 Å². The number of anilines is 1. The second-order valence-electron chi connectivity index (χ2n) is 4.41. The molecule has 1 heterocycles. The number of nitrogens with zero attached hydrogens (tertiary/aromatic N) is 2. The number of nitriles is 1. The lowest BCUT2D eigenvalue weighted by molar-refractivity contribution is -0.145. The van der Waals surface area contributed by atoms with Gasteiger partial charge in [-0.1, -0.05) is 0 Å². The normalized spacial score (nSPS) is 10.6. The summed E-state index contributed by atoms with van der Waals surface area (Å²) in [4.78, 5) is 37.5. The van der Waals surface area contributed by atoms with Crippen molar-refractivity contribution in [2.75, 3.05) is 11.9 Å². The molecule has 0 fully saturated rings. The van der Waals surface area contributed by atoms with Gasteiger partial charge in [-0.05, 0) is 13.0 Å². The third-order valence-electron chi connectivity index (χ3n) is 2.67. The molecule has 10 heteroatoms. The van der Waals surface area contributed by atoms with Crippen molar-refractivity contribution in [1.82, 2.24) is 4.98 Å². The van der Waals surface area contributed by atoms with Gasteiger partial charge in [-0.2, -0.15) is 18.4 Å². The van der Waals surface area contributed by atoms with Crippen molar-refractivity contribution in [2.45, 2.75) is 25.9 Å². The topological polar surface area (TPSA) is 109 Å². The minimum Gasteiger partial charge on any atom is -0.466 e. The first-order chi connectivity index (χ1) is 11.2. The van der Waals surface area contributed by atoms with Crippen molar-refractivity contribution >= 4 is 23.3 Å². The van der Waals surface area contributed by atoms with Gasteiger partial charge in [0.2, 0.25) is 5.78 Å². The van der Waals surface area contributed by atoms with Gasteiger partial charge in [0.15, 0.2) is 5.69 Å². The number of aromatic nitrogens is 1. The highest BCUT2D eigenvalue weighted by Gasteiger charge is 2.35. The van der Waals surface area contributed by atoms with Crippen molar-refractivity contribution in [1.29, 1.82) is 5.26 Å². The maximum absolute atomic E-state index is 12.8. The summed E-state index contributed by atoms with van der Waals surface area (Å²) >= 11 is 0. The summed E-state index contributed by atoms with van der Waals surface area (Å²) in [5.74, 6) is -2.86. The summed E-state index contributed by atoms with van der Waals surface area (Å²) < 4.78 is 42.9. The Hall–Kier alpha value is -2.96. The number of nitrogens with one attached hydrogen (secondary N) is 1. The van der Waals surface area contributed by atoms with Gasteiger partial charge in [0.05, 0.1) is 30.5 Å². The minimum absolute atomic E-state index is 0.121. The molecule has 0 aliphatic heterocycles. The van der Waals surface area contributed by atoms with Gasteiger partial charge in [-0.15, -0.1) is 0 Å². The highest BCUT2D eigenvalue weighted by atomic mass is 19.4. The predicted molar refractivity (Wildman–Crippen MR) is 73.5 cm³/mol. The Morgan fingerprint density at radius 1 is 1.33 bits per heavy atom. The molecule has 0 aromatic carbocycles. The molecule has 0 spiro atoms. The summed E-state index contributed by atoms with van der Waals surface area (Å²) in [5, 5.41) is 10.6. The van der Waals surface area contributed by atoms with E-state index in [0.717, 1.165) is 6.20 Å². The molecule has 1 N–H and O–H groups in total. The first-order valence-electron chi connectivity index (χ1n) is 6.66. The third kappa shape index (κ3) is 5.35. The number of hydrogen-bond donors (Lipinski definition) is 1. The number of ether oxygens (including phenoxy) is 1. The highest BCUT2D eigenvalue weighted by molar-refractivity contribution is 6.40. The molecule has 0 aliphatic carbocycles. The molecule has 1 amide bonds. The smallest absolute Gasteiger partial charge is 0.419 e. The predicted octanol–water partition coefficient (Wildman–Crippen LogP) is 1.82. The third-order valence-corrected chi connectivity index (χ3v) is 2.67. The van der Waals surface area contributed by atoms with Crippen LogP contribution in [0.5, 0.6) is 0 Å². The number of alkyl halides is 3. The van der Waals surface area contributed by atoms with Crippen LogP contribution in [0.1, 0.15) is 31.0 Å². The molecule has 7 nitrogen and oxygen atoms in total. The lowest BCUT2D eigenvalue weighted by Crippen LogP contribution is -2.24. The van der Waals surface area contributed by atoms with Gasteiger partial charge < -0.3 is 10.1 Å². The fraction of sp³-hybridized carbons (Fsp3) is 0.357. The lowest BCUT2D eigenvalue weighted by Gasteiger charge is -2.10. The number of pyridine rings is 1. The zero-order valence-electron chi connectivity index (χ0n) is 12.4. The van der Waals surface area contributed by atoms with Crippen LogP contribution in [-0.2, 0) is 25.3 Å². The van der Waals surface area contributed by atoms with E-state index in [4.69, 9.17) is 5.26 Å². The second kappa shape index (κ2) is 8.05. The molecule has 0 atom stereocenters. The highest BCUT2D eigenvalue weighted by Crippen LogP contribution is 2.32. The van der Waals surface area contributed by atoms with E-state index in [2.05, 4.69) is 9.72 Å². The Bertz CT molecular complexity index is 695. The number of esters is 1. The van der Waals surface area contributed by atoms with E-state index < -0.39 is 47.2 Å². The average molecular weight is 343 g/mol. The van der Waals surface area contributed by atoms with E-state index in [1.807, 2.05) is 5.32 Å². The molecular formula is C14H12F3N3O4. The molecule has 24 heavy (non-hydrogen) atoms. The number of carbonyl (C=O) groups excluding carboxylic acids is 3. The summed E-state index contributed by atoms with van der Waals surface area (Å²) in [6, 6.07) is 1.79. The Morgan fingerprint density at radius 3 is 2.54 bits per heavy atom. The molecule has 0 radical (unpaired) electrons. The summed E-state index contributed by atoms with van der Waals surface area (Å²) in [6.07, 6.45) is -4.78. The van der Waals surface area contributed by atoms with Crippen LogP contribution in [0.15, 0.2) is 12.3 Å². The quantitative estimate of drug-likeness (QED) is 0.623. The largest absolute Gasteiger partial charge is 0.466 e. The minimum atomic E-state index is -4.84. The number of rotatable bonds is 6. The fourth-order valence-electron chi connectivity index (χ4n) is 1.60. The zero-order chi connectivity index (χ0) is 18.3. The molecule has 1 rings (SSSR count). The zero-order valence-corrected chi connectivity index (χ0v) is 12.4. The summed E-state index contributed by atoms with van der Waals surface area (Å²) in [6.45, 7) is 1.69. The number of ketones is 1. The van der Waals surface area contributed by atoms with Crippen molar-refractivity contribution in [3.05, 3.63) is 23.5 Å². The Balaban J connectivity index is 2.79. The van der Waals surface area contributed by atoms with Crippen LogP contribution in [0.3, 0.4) is 0 Å². The van der Waals surface area contributed by atoms with Gasteiger partial charge in [0, 0.05) is 6.42 Å². The van der Waals surface area contributed by atoms with Gasteiger partial charge in [0.1, 0.15) is 6.07 Å². The summed E-state index contributed by atoms with van der Waals surface area (Å²) in [7, 11) is 0. The average Bonchev–Trinajstić information content (AvgIpc) is 2.51. The van der Waals surface area contributed by atoms with E-state index in [-0.39, 0.29) is 13.0 Å². The fourth-order valence-corrected chi connectivity index (χ4v) is 1.60. The monoisotopic (exact) mass is 343 g/mol. The van der Waals surface area contributed by atoms with Crippen LogP contribution in [0, 0.1) is 11.3 Å². The SMILES string of the molecule is CCOC(=O)CCC(=O)C(=O)Nc1cnc(C#N)c(C(F)(F)F)c1. The standard InChI is InChI=1S/C14H12F3N3O4/c1-2-24-12(22)4-3-11(21)13(23)20-8-5-9(14(15,16)17)10(6-18)19-7-8/h5,7H,2-4H2,1H3,(H,20,23). The van der Waals surface area contributed by atoms with Crippen LogP contribution < -0.4 is 5.32 Å². The maximum atomic E-state index is 12.8. The molecule has 128 valence electrons. The number of carbonyl (C=O) groups is 3. The van der Waals surface area contributed by atoms with E-state index in [1.165, 1.54) is 6.07 Å². The number of hydrogen-bond acceptors (Lipinski definition) is 6. The molecule has 1 aromatic heterocycles. The molecule has 0 aliphatic rings. The molecule has 0 saturated carbocycles. The summed E-state index contributed by atoms with van der Waals surface area (Å²) in [5.41, 5.74) is -2.58. The van der Waals surface area contributed by atoms with Gasteiger partial charge in [-0.3, -0.25) is 14.4 Å². The van der Waals surface area contributed by atoms with Crippen molar-refractivity contribution < 1.29 is 32.3 Å².